The van der Waals surface area contributed by atoms with Gasteiger partial charge in [-0.1, -0.05) is 36.4 Å². The molecule has 0 spiro atoms. The first-order chi connectivity index (χ1) is 13.2. The first-order valence-electron chi connectivity index (χ1n) is 9.52. The number of hydrogen-bond acceptors (Lipinski definition) is 5. The molecule has 3 fully saturated rings. The van der Waals surface area contributed by atoms with E-state index in [2.05, 4.69) is 29.4 Å². The number of carbonyl (C=O) groups excluding carboxylic acids is 3. The summed E-state index contributed by atoms with van der Waals surface area (Å²) in [6.07, 6.45) is 1.97. The third-order valence-corrected chi connectivity index (χ3v) is 7.69. The molecule has 1 aromatic rings. The van der Waals surface area contributed by atoms with Gasteiger partial charge in [-0.15, -0.1) is 0 Å². The predicted molar refractivity (Wildman–Crippen MR) is 105 cm³/mol. The third-order valence-electron chi connectivity index (χ3n) is 7.17. The summed E-state index contributed by atoms with van der Waals surface area (Å²) in [5.41, 5.74) is -0.0950. The largest absolute Gasteiger partial charge is 0.454 e. The molecule has 28 heavy (non-hydrogen) atoms. The van der Waals surface area contributed by atoms with Gasteiger partial charge < -0.3 is 14.3 Å². The number of carbonyl (C=O) groups is 3. The van der Waals surface area contributed by atoms with E-state index in [4.69, 9.17) is 9.47 Å². The number of benzene rings is 1. The number of esters is 2. The molecule has 1 aromatic carbocycles. The first kappa shape index (κ1) is 19.4. The zero-order valence-electron chi connectivity index (χ0n) is 15.9. The summed E-state index contributed by atoms with van der Waals surface area (Å²) in [7, 11) is 0. The van der Waals surface area contributed by atoms with Crippen LogP contribution in [0.3, 0.4) is 0 Å². The van der Waals surface area contributed by atoms with Gasteiger partial charge in [-0.05, 0) is 49.4 Å². The molecule has 0 aromatic heterocycles. The van der Waals surface area contributed by atoms with Gasteiger partial charge >= 0.3 is 11.9 Å². The zero-order chi connectivity index (χ0) is 20.3. The van der Waals surface area contributed by atoms with Crippen LogP contribution in [-0.4, -0.2) is 30.4 Å². The van der Waals surface area contributed by atoms with Gasteiger partial charge in [-0.2, -0.15) is 0 Å². The number of rotatable bonds is 3. The lowest BCUT2D eigenvalue weighted by Crippen LogP contribution is -2.55. The van der Waals surface area contributed by atoms with Crippen molar-refractivity contribution in [1.82, 2.24) is 0 Å². The molecule has 148 valence electrons. The van der Waals surface area contributed by atoms with E-state index in [1.54, 1.807) is 24.3 Å². The summed E-state index contributed by atoms with van der Waals surface area (Å²) in [6, 6.07) is 6.94. The van der Waals surface area contributed by atoms with Crippen molar-refractivity contribution in [2.45, 2.75) is 45.3 Å². The van der Waals surface area contributed by atoms with Gasteiger partial charge in [-0.25, -0.2) is 9.59 Å². The maximum Gasteiger partial charge on any atom is 0.338 e. The SMILES string of the molecule is C=C1C(=O)O[C@@H]2[C@@H](OC(=O)c3ccc(Br)cc3)[C@]3(C)CC[C@](C)(C=O)[C@H]3C[C@@H]12. The summed E-state index contributed by atoms with van der Waals surface area (Å²) in [5.74, 6) is -1.12. The molecule has 2 saturated carbocycles. The summed E-state index contributed by atoms with van der Waals surface area (Å²) < 4.78 is 12.5. The fourth-order valence-electron chi connectivity index (χ4n) is 5.44. The van der Waals surface area contributed by atoms with E-state index in [1.807, 2.05) is 6.92 Å². The highest BCUT2D eigenvalue weighted by Crippen LogP contribution is 2.63. The van der Waals surface area contributed by atoms with Crippen LogP contribution in [0.1, 0.15) is 43.5 Å². The summed E-state index contributed by atoms with van der Waals surface area (Å²) in [4.78, 5) is 37.0. The molecule has 1 aliphatic heterocycles. The topological polar surface area (TPSA) is 69.7 Å². The molecule has 3 aliphatic rings. The van der Waals surface area contributed by atoms with Crippen molar-refractivity contribution in [2.24, 2.45) is 22.7 Å². The van der Waals surface area contributed by atoms with Gasteiger partial charge in [0.2, 0.25) is 0 Å². The van der Waals surface area contributed by atoms with Gasteiger partial charge in [0.1, 0.15) is 18.5 Å². The predicted octanol–water partition coefficient (Wildman–Crippen LogP) is 4.10. The van der Waals surface area contributed by atoms with Gasteiger partial charge in [0, 0.05) is 26.8 Å². The summed E-state index contributed by atoms with van der Waals surface area (Å²) >= 11 is 3.36. The van der Waals surface area contributed by atoms with Crippen LogP contribution in [0.4, 0.5) is 0 Å². The smallest absolute Gasteiger partial charge is 0.338 e. The fraction of sp³-hybridized carbons (Fsp3) is 0.500. The molecule has 0 bridgehead atoms. The Hall–Kier alpha value is -1.95. The Labute approximate surface area is 172 Å². The highest BCUT2D eigenvalue weighted by Gasteiger charge is 2.66. The van der Waals surface area contributed by atoms with Crippen LogP contribution in [0.5, 0.6) is 0 Å². The summed E-state index contributed by atoms with van der Waals surface area (Å²) in [5, 5.41) is 0. The minimum atomic E-state index is -0.614. The number of ether oxygens (including phenoxy) is 2. The number of halogens is 1. The molecule has 0 N–H and O–H groups in total. The molecule has 1 heterocycles. The van der Waals surface area contributed by atoms with Crippen molar-refractivity contribution in [2.75, 3.05) is 0 Å². The maximum atomic E-state index is 12.9. The molecule has 4 rings (SSSR count). The van der Waals surface area contributed by atoms with Crippen LogP contribution in [0.2, 0.25) is 0 Å². The molecule has 5 nitrogen and oxygen atoms in total. The number of hydrogen-bond donors (Lipinski definition) is 0. The highest BCUT2D eigenvalue weighted by atomic mass is 79.9. The van der Waals surface area contributed by atoms with Crippen molar-refractivity contribution < 1.29 is 23.9 Å². The first-order valence-corrected chi connectivity index (χ1v) is 10.3. The van der Waals surface area contributed by atoms with Crippen molar-refractivity contribution in [3.63, 3.8) is 0 Å². The zero-order valence-corrected chi connectivity index (χ0v) is 17.5. The minimum absolute atomic E-state index is 0.00674. The highest BCUT2D eigenvalue weighted by molar-refractivity contribution is 9.10. The van der Waals surface area contributed by atoms with Gasteiger partial charge in [0.25, 0.3) is 0 Å². The van der Waals surface area contributed by atoms with E-state index in [0.717, 1.165) is 23.6 Å². The number of fused-ring (bicyclic) bond motifs is 2. The fourth-order valence-corrected chi connectivity index (χ4v) is 5.71. The minimum Gasteiger partial charge on any atom is -0.454 e. The molecular weight excluding hydrogens is 424 g/mol. The summed E-state index contributed by atoms with van der Waals surface area (Å²) in [6.45, 7) is 7.92. The lowest BCUT2D eigenvalue weighted by Gasteiger charge is -2.49. The van der Waals surface area contributed by atoms with Crippen molar-refractivity contribution in [1.29, 1.82) is 0 Å². The molecule has 6 heteroatoms. The Morgan fingerprint density at radius 1 is 1.29 bits per heavy atom. The Bertz CT molecular complexity index is 862. The second-order valence-corrected chi connectivity index (χ2v) is 9.67. The normalized spacial score (nSPS) is 39.1. The molecule has 0 radical (unpaired) electrons. The quantitative estimate of drug-likeness (QED) is 0.397. The average molecular weight is 447 g/mol. The Kier molecular flexibility index (Phi) is 4.53. The van der Waals surface area contributed by atoms with Crippen LogP contribution in [0.15, 0.2) is 40.9 Å². The van der Waals surface area contributed by atoms with Crippen molar-refractivity contribution in [3.8, 4) is 0 Å². The molecule has 0 amide bonds. The van der Waals surface area contributed by atoms with Crippen LogP contribution in [-0.2, 0) is 19.1 Å². The van der Waals surface area contributed by atoms with E-state index in [-0.39, 0.29) is 11.8 Å². The van der Waals surface area contributed by atoms with Crippen LogP contribution < -0.4 is 0 Å². The van der Waals surface area contributed by atoms with E-state index in [1.165, 1.54) is 0 Å². The second kappa shape index (κ2) is 6.55. The Balaban J connectivity index is 1.71. The average Bonchev–Trinajstić information content (AvgIpc) is 3.11. The van der Waals surface area contributed by atoms with Crippen molar-refractivity contribution >= 4 is 34.2 Å². The molecule has 2 aliphatic carbocycles. The lowest BCUT2D eigenvalue weighted by atomic mass is 9.58. The van der Waals surface area contributed by atoms with E-state index in [9.17, 15) is 14.4 Å². The Morgan fingerprint density at radius 3 is 2.61 bits per heavy atom. The van der Waals surface area contributed by atoms with Crippen LogP contribution in [0.25, 0.3) is 0 Å². The van der Waals surface area contributed by atoms with Crippen LogP contribution in [0, 0.1) is 22.7 Å². The van der Waals surface area contributed by atoms with E-state index < -0.39 is 35.0 Å². The van der Waals surface area contributed by atoms with E-state index >= 15 is 0 Å². The monoisotopic (exact) mass is 446 g/mol. The van der Waals surface area contributed by atoms with Gasteiger partial charge in [0.15, 0.2) is 0 Å². The Morgan fingerprint density at radius 2 is 1.96 bits per heavy atom. The molecule has 1 saturated heterocycles. The lowest BCUT2D eigenvalue weighted by molar-refractivity contribution is -0.164. The van der Waals surface area contributed by atoms with Gasteiger partial charge in [0.05, 0.1) is 5.56 Å². The molecule has 0 unspecified atom stereocenters. The van der Waals surface area contributed by atoms with E-state index in [0.29, 0.717) is 17.6 Å². The van der Waals surface area contributed by atoms with Crippen molar-refractivity contribution in [3.05, 3.63) is 46.5 Å². The second-order valence-electron chi connectivity index (χ2n) is 8.75. The molecular formula is C22H23BrO5. The standard InChI is InChI=1S/C22H23BrO5/c1-12-15-10-16-21(2,11-24)8-9-22(16,3)18(17(15)27-19(12)25)28-20(26)13-4-6-14(23)7-5-13/h4-7,11,15-18H,1,8-10H2,2-3H3/t15-,16+,17-,18+,21+,22+/m0/s1. The molecule has 6 atom stereocenters. The van der Waals surface area contributed by atoms with Crippen LogP contribution >= 0.6 is 15.9 Å². The maximum absolute atomic E-state index is 12.9. The number of aldehydes is 1. The van der Waals surface area contributed by atoms with Gasteiger partial charge in [-0.3, -0.25) is 0 Å². The third kappa shape index (κ3) is 2.76.